The highest BCUT2D eigenvalue weighted by Gasteiger charge is 2.13. The molecule has 0 aliphatic carbocycles. The molecule has 0 radical (unpaired) electrons. The highest BCUT2D eigenvalue weighted by molar-refractivity contribution is 7.19. The van der Waals surface area contributed by atoms with E-state index < -0.39 is 0 Å². The molecule has 0 fully saturated rings. The third kappa shape index (κ3) is 3.41. The van der Waals surface area contributed by atoms with E-state index in [4.69, 9.17) is 11.6 Å². The van der Waals surface area contributed by atoms with Gasteiger partial charge in [-0.3, -0.25) is 9.78 Å². The molecule has 3 rings (SSSR count). The lowest BCUT2D eigenvalue weighted by Crippen LogP contribution is -2.08. The summed E-state index contributed by atoms with van der Waals surface area (Å²) in [6, 6.07) is 9.58. The number of carbonyl (C=O) groups is 1. The molecule has 0 aliphatic rings. The maximum atomic E-state index is 11.5. The summed E-state index contributed by atoms with van der Waals surface area (Å²) in [4.78, 5) is 20.9. The number of aromatic nitrogens is 2. The maximum absolute atomic E-state index is 11.5. The molecule has 2 aromatic heterocycles. The van der Waals surface area contributed by atoms with Crippen LogP contribution in [0.4, 0.5) is 5.13 Å². The van der Waals surface area contributed by atoms with Crippen LogP contribution >= 0.6 is 22.9 Å². The maximum Gasteiger partial charge on any atom is 0.225 e. The summed E-state index contributed by atoms with van der Waals surface area (Å²) in [5.74, 6) is -0.0491. The Balaban J connectivity index is 2.02. The van der Waals surface area contributed by atoms with Gasteiger partial charge < -0.3 is 5.32 Å². The summed E-state index contributed by atoms with van der Waals surface area (Å²) in [5.41, 5.74) is 2.85. The third-order valence-corrected chi connectivity index (χ3v) is 4.60. The van der Waals surface area contributed by atoms with Crippen LogP contribution in [0, 0.1) is 0 Å². The van der Waals surface area contributed by atoms with Crippen molar-refractivity contribution in [2.75, 3.05) is 5.32 Å². The van der Waals surface area contributed by atoms with Gasteiger partial charge in [-0.05, 0) is 12.1 Å². The molecular formula is C17H14ClN3OS. The van der Waals surface area contributed by atoms with Crippen LogP contribution in [0.3, 0.4) is 0 Å². The molecule has 1 N–H and O–H groups in total. The predicted octanol–water partition coefficient (Wildman–Crippen LogP) is 4.87. The van der Waals surface area contributed by atoms with Crippen molar-refractivity contribution in [2.24, 2.45) is 0 Å². The smallest absolute Gasteiger partial charge is 0.225 e. The quantitative estimate of drug-likeness (QED) is 0.735. The first-order valence-electron chi connectivity index (χ1n) is 7.14. The minimum atomic E-state index is -0.0491. The fourth-order valence-corrected chi connectivity index (χ4v) is 3.28. The number of thiazole rings is 1. The zero-order valence-electron chi connectivity index (χ0n) is 12.4. The van der Waals surface area contributed by atoms with Gasteiger partial charge in [0.1, 0.15) is 0 Å². The van der Waals surface area contributed by atoms with Gasteiger partial charge in [-0.15, -0.1) is 0 Å². The number of halogens is 1. The van der Waals surface area contributed by atoms with Gasteiger partial charge in [-0.1, -0.05) is 48.1 Å². The topological polar surface area (TPSA) is 54.9 Å². The number of amides is 1. The Morgan fingerprint density at radius 2 is 2.00 bits per heavy atom. The van der Waals surface area contributed by atoms with Crippen molar-refractivity contribution in [3.8, 4) is 21.6 Å². The molecule has 23 heavy (non-hydrogen) atoms. The fourth-order valence-electron chi connectivity index (χ4n) is 2.17. The first kappa shape index (κ1) is 15.6. The van der Waals surface area contributed by atoms with Gasteiger partial charge in [-0.25, -0.2) is 4.98 Å². The van der Waals surface area contributed by atoms with E-state index in [0.29, 0.717) is 16.6 Å². The van der Waals surface area contributed by atoms with Crippen molar-refractivity contribution >= 4 is 34.0 Å². The van der Waals surface area contributed by atoms with E-state index in [1.807, 2.05) is 37.3 Å². The van der Waals surface area contributed by atoms with Crippen LogP contribution in [0.15, 0.2) is 48.9 Å². The summed E-state index contributed by atoms with van der Waals surface area (Å²) >= 11 is 7.74. The van der Waals surface area contributed by atoms with Crippen LogP contribution < -0.4 is 5.32 Å². The second-order valence-electron chi connectivity index (χ2n) is 4.83. The summed E-state index contributed by atoms with van der Waals surface area (Å²) in [6.07, 6.45) is 5.71. The number of carbonyl (C=O) groups excluding carboxylic acids is 1. The molecule has 0 aliphatic heterocycles. The van der Waals surface area contributed by atoms with Gasteiger partial charge in [-0.2, -0.15) is 0 Å². The standard InChI is InChI=1S/C17H14ClN3OS/c1-2-16(22)21-17-20-10-15(23-17)12-7-8-19-9-13(12)11-5-3-4-6-14(11)18/h3-10H,2H2,1H3,(H,20,21,22). The molecule has 1 amide bonds. The highest BCUT2D eigenvalue weighted by Crippen LogP contribution is 2.38. The summed E-state index contributed by atoms with van der Waals surface area (Å²) in [6.45, 7) is 1.81. The number of anilines is 1. The van der Waals surface area contributed by atoms with Gasteiger partial charge >= 0.3 is 0 Å². The molecule has 0 saturated heterocycles. The van der Waals surface area contributed by atoms with E-state index in [2.05, 4.69) is 15.3 Å². The van der Waals surface area contributed by atoms with E-state index in [0.717, 1.165) is 21.6 Å². The minimum absolute atomic E-state index is 0.0491. The van der Waals surface area contributed by atoms with E-state index >= 15 is 0 Å². The SMILES string of the molecule is CCC(=O)Nc1ncc(-c2ccncc2-c2ccccc2Cl)s1. The first-order valence-corrected chi connectivity index (χ1v) is 8.33. The summed E-state index contributed by atoms with van der Waals surface area (Å²) in [5, 5.41) is 4.04. The second-order valence-corrected chi connectivity index (χ2v) is 6.27. The van der Waals surface area contributed by atoms with Crippen LogP contribution in [-0.2, 0) is 4.79 Å². The van der Waals surface area contributed by atoms with Crippen molar-refractivity contribution < 1.29 is 4.79 Å². The number of benzene rings is 1. The number of rotatable bonds is 4. The molecule has 6 heteroatoms. The Hall–Kier alpha value is -2.24. The average Bonchev–Trinajstić information content (AvgIpc) is 3.03. The Morgan fingerprint density at radius 3 is 2.78 bits per heavy atom. The van der Waals surface area contributed by atoms with E-state index in [1.165, 1.54) is 11.3 Å². The van der Waals surface area contributed by atoms with Gasteiger partial charge in [0.25, 0.3) is 0 Å². The monoisotopic (exact) mass is 343 g/mol. The largest absolute Gasteiger partial charge is 0.302 e. The first-order chi connectivity index (χ1) is 11.2. The Labute approximate surface area is 143 Å². The fraction of sp³-hybridized carbons (Fsp3) is 0.118. The van der Waals surface area contributed by atoms with Crippen LogP contribution in [0.25, 0.3) is 21.6 Å². The lowest BCUT2D eigenvalue weighted by atomic mass is 10.0. The van der Waals surface area contributed by atoms with Crippen molar-refractivity contribution in [1.82, 2.24) is 9.97 Å². The lowest BCUT2D eigenvalue weighted by Gasteiger charge is -2.08. The van der Waals surface area contributed by atoms with Gasteiger partial charge in [0.2, 0.25) is 5.91 Å². The lowest BCUT2D eigenvalue weighted by molar-refractivity contribution is -0.115. The van der Waals surface area contributed by atoms with E-state index in [1.54, 1.807) is 18.6 Å². The second kappa shape index (κ2) is 6.89. The zero-order chi connectivity index (χ0) is 16.2. The number of hydrogen-bond acceptors (Lipinski definition) is 4. The average molecular weight is 344 g/mol. The number of pyridine rings is 1. The number of nitrogens with zero attached hydrogens (tertiary/aromatic N) is 2. The Kier molecular flexibility index (Phi) is 4.69. The Morgan fingerprint density at radius 1 is 1.17 bits per heavy atom. The molecule has 0 spiro atoms. The summed E-state index contributed by atoms with van der Waals surface area (Å²) in [7, 11) is 0. The van der Waals surface area contributed by atoms with Gasteiger partial charge in [0.15, 0.2) is 5.13 Å². The zero-order valence-corrected chi connectivity index (χ0v) is 14.0. The van der Waals surface area contributed by atoms with Crippen molar-refractivity contribution in [1.29, 1.82) is 0 Å². The minimum Gasteiger partial charge on any atom is -0.302 e. The molecule has 0 bridgehead atoms. The third-order valence-electron chi connectivity index (χ3n) is 3.32. The molecular weight excluding hydrogens is 330 g/mol. The van der Waals surface area contributed by atoms with E-state index in [-0.39, 0.29) is 5.91 Å². The highest BCUT2D eigenvalue weighted by atomic mass is 35.5. The molecule has 3 aromatic rings. The molecule has 116 valence electrons. The van der Waals surface area contributed by atoms with Crippen molar-refractivity contribution in [3.63, 3.8) is 0 Å². The van der Waals surface area contributed by atoms with Crippen LogP contribution in [-0.4, -0.2) is 15.9 Å². The molecule has 0 atom stereocenters. The summed E-state index contributed by atoms with van der Waals surface area (Å²) < 4.78 is 0. The normalized spacial score (nSPS) is 10.5. The van der Waals surface area contributed by atoms with Crippen LogP contribution in [0.2, 0.25) is 5.02 Å². The van der Waals surface area contributed by atoms with E-state index in [9.17, 15) is 4.79 Å². The molecule has 2 heterocycles. The van der Waals surface area contributed by atoms with Crippen molar-refractivity contribution in [3.05, 3.63) is 53.9 Å². The number of hydrogen-bond donors (Lipinski definition) is 1. The predicted molar refractivity (Wildman–Crippen MR) is 94.7 cm³/mol. The van der Waals surface area contributed by atoms with Crippen LogP contribution in [0.1, 0.15) is 13.3 Å². The van der Waals surface area contributed by atoms with Gasteiger partial charge in [0, 0.05) is 46.7 Å². The number of nitrogens with one attached hydrogen (secondary N) is 1. The molecule has 0 unspecified atom stereocenters. The molecule has 1 aromatic carbocycles. The van der Waals surface area contributed by atoms with Gasteiger partial charge in [0.05, 0.1) is 4.88 Å². The van der Waals surface area contributed by atoms with Crippen molar-refractivity contribution in [2.45, 2.75) is 13.3 Å². The molecule has 4 nitrogen and oxygen atoms in total. The molecule has 0 saturated carbocycles. The Bertz CT molecular complexity index is 847. The van der Waals surface area contributed by atoms with Crippen LogP contribution in [0.5, 0.6) is 0 Å².